The molecule has 0 aliphatic carbocycles. The molecule has 0 saturated carbocycles. The fraction of sp³-hybridized carbons (Fsp3) is 0.600. The number of piperidine rings is 1. The van der Waals surface area contributed by atoms with Gasteiger partial charge in [0.2, 0.25) is 11.8 Å². The van der Waals surface area contributed by atoms with E-state index in [4.69, 9.17) is 5.73 Å². The maximum atomic E-state index is 12.5. The van der Waals surface area contributed by atoms with E-state index < -0.39 is 0 Å². The Labute approximate surface area is 151 Å². The molecule has 0 unspecified atom stereocenters. The standard InChI is InChI=1S/C20H31N3O2/c21-13-5-2-6-14-22-20(25)18-10-7-15-23(16-18)19(24)12-11-17-8-3-1-4-9-17/h1,3-4,8-9,18H,2,5-7,10-16,21H2,(H,22,25)/t18-/m1/s1. The van der Waals surface area contributed by atoms with E-state index in [2.05, 4.69) is 5.32 Å². The predicted octanol–water partition coefficient (Wildman–Crippen LogP) is 2.10. The Morgan fingerprint density at radius 1 is 1.16 bits per heavy atom. The number of unbranched alkanes of at least 4 members (excludes halogenated alkanes) is 2. The lowest BCUT2D eigenvalue weighted by Crippen LogP contribution is -2.45. The number of nitrogens with one attached hydrogen (secondary N) is 1. The second-order valence-corrected chi connectivity index (χ2v) is 6.80. The number of aryl methyl sites for hydroxylation is 1. The van der Waals surface area contributed by atoms with Crippen molar-refractivity contribution in [2.24, 2.45) is 11.7 Å². The first-order valence-electron chi connectivity index (χ1n) is 9.50. The number of carbonyl (C=O) groups is 2. The highest BCUT2D eigenvalue weighted by Gasteiger charge is 2.27. The summed E-state index contributed by atoms with van der Waals surface area (Å²) in [6.45, 7) is 2.74. The second kappa shape index (κ2) is 10.9. The van der Waals surface area contributed by atoms with Gasteiger partial charge in [0.25, 0.3) is 0 Å². The van der Waals surface area contributed by atoms with E-state index in [9.17, 15) is 9.59 Å². The number of hydrogen-bond donors (Lipinski definition) is 2. The molecule has 1 aromatic rings. The van der Waals surface area contributed by atoms with Crippen molar-refractivity contribution in [2.45, 2.75) is 44.9 Å². The molecule has 25 heavy (non-hydrogen) atoms. The molecule has 1 heterocycles. The van der Waals surface area contributed by atoms with Gasteiger partial charge in [0.15, 0.2) is 0 Å². The van der Waals surface area contributed by atoms with E-state index in [0.717, 1.165) is 45.1 Å². The Hall–Kier alpha value is -1.88. The zero-order valence-electron chi connectivity index (χ0n) is 15.1. The summed E-state index contributed by atoms with van der Waals surface area (Å²) in [4.78, 5) is 26.6. The molecular weight excluding hydrogens is 314 g/mol. The molecule has 5 heteroatoms. The molecule has 2 rings (SSSR count). The quantitative estimate of drug-likeness (QED) is 0.673. The smallest absolute Gasteiger partial charge is 0.224 e. The fourth-order valence-corrected chi connectivity index (χ4v) is 3.27. The minimum Gasteiger partial charge on any atom is -0.356 e. The number of benzene rings is 1. The highest BCUT2D eigenvalue weighted by atomic mass is 16.2. The van der Waals surface area contributed by atoms with Crippen LogP contribution in [0.3, 0.4) is 0 Å². The summed E-state index contributed by atoms with van der Waals surface area (Å²) in [7, 11) is 0. The maximum absolute atomic E-state index is 12.5. The van der Waals surface area contributed by atoms with Gasteiger partial charge in [0, 0.05) is 26.1 Å². The highest BCUT2D eigenvalue weighted by molar-refractivity contribution is 5.81. The van der Waals surface area contributed by atoms with E-state index in [1.54, 1.807) is 0 Å². The van der Waals surface area contributed by atoms with Crippen LogP contribution in [-0.4, -0.2) is 42.9 Å². The Balaban J connectivity index is 1.71. The Bertz CT molecular complexity index is 533. The van der Waals surface area contributed by atoms with E-state index in [-0.39, 0.29) is 17.7 Å². The molecule has 138 valence electrons. The number of hydrogen-bond acceptors (Lipinski definition) is 3. The van der Waals surface area contributed by atoms with E-state index in [1.165, 1.54) is 5.56 Å². The van der Waals surface area contributed by atoms with Crippen molar-refractivity contribution in [1.82, 2.24) is 10.2 Å². The summed E-state index contributed by atoms with van der Waals surface area (Å²) in [5, 5.41) is 3.01. The summed E-state index contributed by atoms with van der Waals surface area (Å²) in [6, 6.07) is 10.1. The van der Waals surface area contributed by atoms with Gasteiger partial charge < -0.3 is 16.0 Å². The monoisotopic (exact) mass is 345 g/mol. The van der Waals surface area contributed by atoms with Crippen LogP contribution in [0.2, 0.25) is 0 Å². The van der Waals surface area contributed by atoms with Gasteiger partial charge >= 0.3 is 0 Å². The van der Waals surface area contributed by atoms with Crippen molar-refractivity contribution in [3.8, 4) is 0 Å². The fourth-order valence-electron chi connectivity index (χ4n) is 3.27. The topological polar surface area (TPSA) is 75.4 Å². The SMILES string of the molecule is NCCCCCNC(=O)[C@@H]1CCCN(C(=O)CCc2ccccc2)C1. The van der Waals surface area contributed by atoms with Crippen LogP contribution in [0.25, 0.3) is 0 Å². The number of nitrogens with zero attached hydrogens (tertiary/aromatic N) is 1. The Kier molecular flexibility index (Phi) is 8.46. The van der Waals surface area contributed by atoms with Crippen LogP contribution in [0.1, 0.15) is 44.1 Å². The van der Waals surface area contributed by atoms with Crippen molar-refractivity contribution in [3.05, 3.63) is 35.9 Å². The Morgan fingerprint density at radius 2 is 1.96 bits per heavy atom. The molecule has 1 atom stereocenters. The normalized spacial score (nSPS) is 17.3. The lowest BCUT2D eigenvalue weighted by atomic mass is 9.96. The zero-order valence-corrected chi connectivity index (χ0v) is 15.1. The Morgan fingerprint density at radius 3 is 2.72 bits per heavy atom. The van der Waals surface area contributed by atoms with Crippen LogP contribution in [0.15, 0.2) is 30.3 Å². The zero-order chi connectivity index (χ0) is 17.9. The van der Waals surface area contributed by atoms with Gasteiger partial charge in [0.1, 0.15) is 0 Å². The molecule has 2 amide bonds. The van der Waals surface area contributed by atoms with Crippen LogP contribution in [0.5, 0.6) is 0 Å². The van der Waals surface area contributed by atoms with Gasteiger partial charge in [-0.3, -0.25) is 9.59 Å². The molecule has 0 spiro atoms. The second-order valence-electron chi connectivity index (χ2n) is 6.80. The van der Waals surface area contributed by atoms with Gasteiger partial charge in [-0.05, 0) is 44.2 Å². The number of nitrogens with two attached hydrogens (primary N) is 1. The first-order valence-corrected chi connectivity index (χ1v) is 9.50. The van der Waals surface area contributed by atoms with Crippen molar-refractivity contribution >= 4 is 11.8 Å². The minimum absolute atomic E-state index is 0.0658. The molecule has 1 aromatic carbocycles. The maximum Gasteiger partial charge on any atom is 0.224 e. The van der Waals surface area contributed by atoms with Crippen molar-refractivity contribution in [2.75, 3.05) is 26.2 Å². The molecule has 1 aliphatic heterocycles. The third-order valence-corrected chi connectivity index (χ3v) is 4.80. The van der Waals surface area contributed by atoms with Crippen LogP contribution < -0.4 is 11.1 Å². The molecule has 0 radical (unpaired) electrons. The van der Waals surface area contributed by atoms with Crippen molar-refractivity contribution < 1.29 is 9.59 Å². The third-order valence-electron chi connectivity index (χ3n) is 4.80. The van der Waals surface area contributed by atoms with E-state index in [1.807, 2.05) is 35.2 Å². The van der Waals surface area contributed by atoms with Crippen molar-refractivity contribution in [1.29, 1.82) is 0 Å². The van der Waals surface area contributed by atoms with Gasteiger partial charge in [-0.15, -0.1) is 0 Å². The minimum atomic E-state index is -0.0658. The highest BCUT2D eigenvalue weighted by Crippen LogP contribution is 2.18. The average Bonchev–Trinajstić information content (AvgIpc) is 2.66. The van der Waals surface area contributed by atoms with Gasteiger partial charge in [-0.25, -0.2) is 0 Å². The first kappa shape index (κ1) is 19.4. The molecule has 0 aromatic heterocycles. The summed E-state index contributed by atoms with van der Waals surface area (Å²) in [5.41, 5.74) is 6.65. The summed E-state index contributed by atoms with van der Waals surface area (Å²) in [6.07, 6.45) is 6.06. The number of amides is 2. The third kappa shape index (κ3) is 6.86. The predicted molar refractivity (Wildman–Crippen MR) is 100.0 cm³/mol. The first-order chi connectivity index (χ1) is 12.2. The van der Waals surface area contributed by atoms with Crippen molar-refractivity contribution in [3.63, 3.8) is 0 Å². The van der Waals surface area contributed by atoms with E-state index >= 15 is 0 Å². The number of carbonyl (C=O) groups excluding carboxylic acids is 2. The lowest BCUT2D eigenvalue weighted by molar-refractivity contribution is -0.135. The van der Waals surface area contributed by atoms with Crippen LogP contribution >= 0.6 is 0 Å². The van der Waals surface area contributed by atoms with Crippen LogP contribution in [0, 0.1) is 5.92 Å². The molecule has 1 aliphatic rings. The average molecular weight is 345 g/mol. The van der Waals surface area contributed by atoms with Gasteiger partial charge in [-0.1, -0.05) is 36.8 Å². The lowest BCUT2D eigenvalue weighted by Gasteiger charge is -2.32. The molecule has 3 N–H and O–H groups in total. The summed E-state index contributed by atoms with van der Waals surface area (Å²) >= 11 is 0. The largest absolute Gasteiger partial charge is 0.356 e. The van der Waals surface area contributed by atoms with Crippen LogP contribution in [-0.2, 0) is 16.0 Å². The molecule has 1 fully saturated rings. The number of likely N-dealkylation sites (tertiary alicyclic amines) is 1. The molecule has 0 bridgehead atoms. The van der Waals surface area contributed by atoms with Gasteiger partial charge in [-0.2, -0.15) is 0 Å². The number of rotatable bonds is 9. The summed E-state index contributed by atoms with van der Waals surface area (Å²) in [5.74, 6) is 0.182. The van der Waals surface area contributed by atoms with E-state index in [0.29, 0.717) is 26.1 Å². The molecular formula is C20H31N3O2. The molecule has 1 saturated heterocycles. The van der Waals surface area contributed by atoms with Crippen LogP contribution in [0.4, 0.5) is 0 Å². The van der Waals surface area contributed by atoms with Gasteiger partial charge in [0.05, 0.1) is 5.92 Å². The molecule has 5 nitrogen and oxygen atoms in total. The summed E-state index contributed by atoms with van der Waals surface area (Å²) < 4.78 is 0.